The van der Waals surface area contributed by atoms with E-state index in [0.717, 1.165) is 0 Å². The molecule has 19 heavy (non-hydrogen) atoms. The SMILES string of the molecule is C=C(c1cc(O)cc(O)c1)c1ccc(OC)c(O)c1. The van der Waals surface area contributed by atoms with E-state index in [4.69, 9.17) is 4.74 Å². The van der Waals surface area contributed by atoms with Crippen molar-refractivity contribution in [2.45, 2.75) is 0 Å². The maximum absolute atomic E-state index is 9.73. The molecule has 0 fully saturated rings. The van der Waals surface area contributed by atoms with Gasteiger partial charge < -0.3 is 20.1 Å². The standard InChI is InChI=1S/C15H14O4/c1-9(11-5-12(16)8-13(17)6-11)10-3-4-15(19-2)14(18)7-10/h3-8,16-18H,1H2,2H3. The van der Waals surface area contributed by atoms with Gasteiger partial charge in [0.15, 0.2) is 11.5 Å². The number of benzene rings is 2. The van der Waals surface area contributed by atoms with E-state index < -0.39 is 0 Å². The van der Waals surface area contributed by atoms with E-state index in [1.807, 2.05) is 0 Å². The summed E-state index contributed by atoms with van der Waals surface area (Å²) in [5.41, 5.74) is 1.81. The molecule has 0 radical (unpaired) electrons. The molecule has 0 amide bonds. The molecule has 0 bridgehead atoms. The molecular formula is C15H14O4. The van der Waals surface area contributed by atoms with Gasteiger partial charge in [-0.1, -0.05) is 12.6 Å². The third kappa shape index (κ3) is 2.63. The first kappa shape index (κ1) is 12.8. The Hall–Kier alpha value is -2.62. The molecule has 0 saturated carbocycles. The molecule has 4 nitrogen and oxygen atoms in total. The zero-order valence-electron chi connectivity index (χ0n) is 10.4. The summed E-state index contributed by atoms with van der Waals surface area (Å²) in [6, 6.07) is 9.09. The predicted octanol–water partition coefficient (Wildman–Crippen LogP) is 2.87. The lowest BCUT2D eigenvalue weighted by Crippen LogP contribution is -1.89. The van der Waals surface area contributed by atoms with Crippen LogP contribution in [0.1, 0.15) is 11.1 Å². The average molecular weight is 258 g/mol. The van der Waals surface area contributed by atoms with Gasteiger partial charge in [-0.05, 0) is 41.0 Å². The fraction of sp³-hybridized carbons (Fsp3) is 0.0667. The highest BCUT2D eigenvalue weighted by molar-refractivity contribution is 5.80. The quantitative estimate of drug-likeness (QED) is 0.791. The molecule has 98 valence electrons. The fourth-order valence-electron chi connectivity index (χ4n) is 1.81. The molecule has 0 unspecified atom stereocenters. The molecule has 0 atom stereocenters. The summed E-state index contributed by atoms with van der Waals surface area (Å²) >= 11 is 0. The summed E-state index contributed by atoms with van der Waals surface area (Å²) in [5, 5.41) is 28.6. The fourth-order valence-corrected chi connectivity index (χ4v) is 1.81. The van der Waals surface area contributed by atoms with Crippen LogP contribution in [0.5, 0.6) is 23.0 Å². The minimum absolute atomic E-state index is 0.00512. The molecule has 2 rings (SSSR count). The Balaban J connectivity index is 2.41. The van der Waals surface area contributed by atoms with E-state index >= 15 is 0 Å². The zero-order chi connectivity index (χ0) is 14.0. The highest BCUT2D eigenvalue weighted by Crippen LogP contribution is 2.33. The van der Waals surface area contributed by atoms with E-state index in [-0.39, 0.29) is 17.2 Å². The first-order valence-electron chi connectivity index (χ1n) is 5.61. The van der Waals surface area contributed by atoms with Gasteiger partial charge in [-0.15, -0.1) is 0 Å². The molecule has 0 aliphatic rings. The first-order valence-corrected chi connectivity index (χ1v) is 5.61. The Morgan fingerprint density at radius 3 is 2.11 bits per heavy atom. The minimum Gasteiger partial charge on any atom is -0.508 e. The minimum atomic E-state index is -0.0473. The van der Waals surface area contributed by atoms with Crippen molar-refractivity contribution in [1.29, 1.82) is 0 Å². The maximum atomic E-state index is 9.73. The lowest BCUT2D eigenvalue weighted by Gasteiger charge is -2.10. The van der Waals surface area contributed by atoms with Crippen LogP contribution in [0.4, 0.5) is 0 Å². The number of hydrogen-bond donors (Lipinski definition) is 3. The van der Waals surface area contributed by atoms with Crippen molar-refractivity contribution in [2.75, 3.05) is 7.11 Å². The van der Waals surface area contributed by atoms with Crippen LogP contribution >= 0.6 is 0 Å². The molecule has 0 saturated heterocycles. The van der Waals surface area contributed by atoms with E-state index in [9.17, 15) is 15.3 Å². The highest BCUT2D eigenvalue weighted by Gasteiger charge is 2.08. The van der Waals surface area contributed by atoms with Crippen LogP contribution in [0.3, 0.4) is 0 Å². The smallest absolute Gasteiger partial charge is 0.160 e. The van der Waals surface area contributed by atoms with Crippen molar-refractivity contribution >= 4 is 5.57 Å². The molecule has 2 aromatic carbocycles. The largest absolute Gasteiger partial charge is 0.508 e. The topological polar surface area (TPSA) is 69.9 Å². The van der Waals surface area contributed by atoms with Gasteiger partial charge in [-0.3, -0.25) is 0 Å². The maximum Gasteiger partial charge on any atom is 0.160 e. The van der Waals surface area contributed by atoms with E-state index in [1.54, 1.807) is 12.1 Å². The zero-order valence-corrected chi connectivity index (χ0v) is 10.4. The molecule has 0 aliphatic carbocycles. The lowest BCUT2D eigenvalue weighted by atomic mass is 9.99. The van der Waals surface area contributed by atoms with Gasteiger partial charge in [-0.25, -0.2) is 0 Å². The van der Waals surface area contributed by atoms with E-state index in [2.05, 4.69) is 6.58 Å². The first-order chi connectivity index (χ1) is 9.01. The molecular weight excluding hydrogens is 244 g/mol. The number of rotatable bonds is 3. The van der Waals surface area contributed by atoms with Crippen LogP contribution in [0.15, 0.2) is 43.0 Å². The van der Waals surface area contributed by atoms with Crippen molar-refractivity contribution in [3.05, 3.63) is 54.1 Å². The van der Waals surface area contributed by atoms with Crippen molar-refractivity contribution in [3.63, 3.8) is 0 Å². The third-order valence-electron chi connectivity index (χ3n) is 2.78. The van der Waals surface area contributed by atoms with Gasteiger partial charge >= 0.3 is 0 Å². The second kappa shape index (κ2) is 4.94. The molecule has 0 spiro atoms. The average Bonchev–Trinajstić information content (AvgIpc) is 2.36. The number of aromatic hydroxyl groups is 3. The molecule has 0 aromatic heterocycles. The van der Waals surface area contributed by atoms with Crippen molar-refractivity contribution in [3.8, 4) is 23.0 Å². The van der Waals surface area contributed by atoms with Crippen LogP contribution in [0.25, 0.3) is 5.57 Å². The Morgan fingerprint density at radius 1 is 0.947 bits per heavy atom. The Labute approximate surface area is 110 Å². The molecule has 0 heterocycles. The summed E-state index contributed by atoms with van der Waals surface area (Å²) in [5.74, 6) is 0.281. The summed E-state index contributed by atoms with van der Waals surface area (Å²) in [6.07, 6.45) is 0. The summed E-state index contributed by atoms with van der Waals surface area (Å²) in [6.45, 7) is 3.90. The number of ether oxygens (including phenoxy) is 1. The third-order valence-corrected chi connectivity index (χ3v) is 2.78. The van der Waals surface area contributed by atoms with Gasteiger partial charge in [0.05, 0.1) is 7.11 Å². The molecule has 3 N–H and O–H groups in total. The van der Waals surface area contributed by atoms with Crippen LogP contribution in [0.2, 0.25) is 0 Å². The Morgan fingerprint density at radius 2 is 1.58 bits per heavy atom. The predicted molar refractivity (Wildman–Crippen MR) is 72.6 cm³/mol. The van der Waals surface area contributed by atoms with Gasteiger partial charge in [0.1, 0.15) is 11.5 Å². The van der Waals surface area contributed by atoms with Crippen molar-refractivity contribution in [2.24, 2.45) is 0 Å². The van der Waals surface area contributed by atoms with Gasteiger partial charge in [0.25, 0.3) is 0 Å². The molecule has 4 heteroatoms. The Bertz CT molecular complexity index is 612. The van der Waals surface area contributed by atoms with Gasteiger partial charge in [0.2, 0.25) is 0 Å². The van der Waals surface area contributed by atoms with Crippen molar-refractivity contribution < 1.29 is 20.1 Å². The Kier molecular flexibility index (Phi) is 3.33. The van der Waals surface area contributed by atoms with Crippen LogP contribution in [-0.4, -0.2) is 22.4 Å². The monoisotopic (exact) mass is 258 g/mol. The number of phenols is 3. The van der Waals surface area contributed by atoms with Crippen molar-refractivity contribution in [1.82, 2.24) is 0 Å². The van der Waals surface area contributed by atoms with Gasteiger partial charge in [0, 0.05) is 6.07 Å². The second-order valence-electron chi connectivity index (χ2n) is 4.10. The van der Waals surface area contributed by atoms with Gasteiger partial charge in [-0.2, -0.15) is 0 Å². The highest BCUT2D eigenvalue weighted by atomic mass is 16.5. The van der Waals surface area contributed by atoms with Crippen LogP contribution in [0, 0.1) is 0 Å². The summed E-state index contributed by atoms with van der Waals surface area (Å²) in [4.78, 5) is 0. The molecule has 0 aliphatic heterocycles. The lowest BCUT2D eigenvalue weighted by molar-refractivity contribution is 0.373. The summed E-state index contributed by atoms with van der Waals surface area (Å²) in [7, 11) is 1.47. The summed E-state index contributed by atoms with van der Waals surface area (Å²) < 4.78 is 4.96. The second-order valence-corrected chi connectivity index (χ2v) is 4.10. The normalized spacial score (nSPS) is 10.2. The molecule has 2 aromatic rings. The van der Waals surface area contributed by atoms with E-state index in [0.29, 0.717) is 22.4 Å². The number of phenolic OH excluding ortho intramolecular Hbond substituents is 3. The van der Waals surface area contributed by atoms with Crippen LogP contribution in [-0.2, 0) is 0 Å². The van der Waals surface area contributed by atoms with E-state index in [1.165, 1.54) is 31.4 Å². The van der Waals surface area contributed by atoms with Crippen LogP contribution < -0.4 is 4.74 Å². The number of hydrogen-bond acceptors (Lipinski definition) is 4. The number of methoxy groups -OCH3 is 1.